The fourth-order valence-electron chi connectivity index (χ4n) is 2.82. The van der Waals surface area contributed by atoms with Crippen LogP contribution in [0.5, 0.6) is 0 Å². The predicted molar refractivity (Wildman–Crippen MR) is 85.3 cm³/mol. The van der Waals surface area contributed by atoms with Crippen LogP contribution in [0.4, 0.5) is 0 Å². The molecule has 1 aromatic heterocycles. The van der Waals surface area contributed by atoms with Crippen molar-refractivity contribution in [3.63, 3.8) is 0 Å². The lowest BCUT2D eigenvalue weighted by Gasteiger charge is -2.16. The van der Waals surface area contributed by atoms with Gasteiger partial charge in [0.15, 0.2) is 0 Å². The second kappa shape index (κ2) is 5.34. The van der Waals surface area contributed by atoms with Crippen LogP contribution in [0.15, 0.2) is 42.5 Å². The molecule has 108 valence electrons. The number of rotatable bonds is 3. The van der Waals surface area contributed by atoms with Gasteiger partial charge in [0.25, 0.3) is 0 Å². The van der Waals surface area contributed by atoms with Crippen LogP contribution in [0.3, 0.4) is 0 Å². The van der Waals surface area contributed by atoms with Crippen molar-refractivity contribution in [3.8, 4) is 0 Å². The van der Waals surface area contributed by atoms with Crippen molar-refractivity contribution in [1.82, 2.24) is 9.55 Å². The van der Waals surface area contributed by atoms with Crippen LogP contribution in [-0.2, 0) is 6.54 Å². The quantitative estimate of drug-likeness (QED) is 0.794. The van der Waals surface area contributed by atoms with Crippen LogP contribution >= 0.6 is 0 Å². The van der Waals surface area contributed by atoms with Crippen LogP contribution in [0.25, 0.3) is 11.0 Å². The molecule has 1 atom stereocenters. The molecule has 1 unspecified atom stereocenters. The van der Waals surface area contributed by atoms with E-state index in [9.17, 15) is 5.11 Å². The first kappa shape index (κ1) is 13.8. The van der Waals surface area contributed by atoms with E-state index in [1.807, 2.05) is 45.0 Å². The van der Waals surface area contributed by atoms with Gasteiger partial charge in [-0.2, -0.15) is 0 Å². The number of fused-ring (bicyclic) bond motifs is 1. The normalized spacial score (nSPS) is 12.8. The lowest BCUT2D eigenvalue weighted by atomic mass is 10.0. The van der Waals surface area contributed by atoms with E-state index in [0.717, 1.165) is 28.0 Å². The number of benzene rings is 2. The SMILES string of the molecule is Cc1ccc(C)c(C(O)Cn2c(C)nc3ccccc32)c1. The Balaban J connectivity index is 1.98. The van der Waals surface area contributed by atoms with Gasteiger partial charge < -0.3 is 9.67 Å². The van der Waals surface area contributed by atoms with Gasteiger partial charge in [0.2, 0.25) is 0 Å². The molecular formula is C18H20N2O. The summed E-state index contributed by atoms with van der Waals surface area (Å²) in [6, 6.07) is 14.2. The molecule has 1 heterocycles. The Morgan fingerprint density at radius 2 is 1.86 bits per heavy atom. The van der Waals surface area contributed by atoms with Crippen LogP contribution in [-0.4, -0.2) is 14.7 Å². The Hall–Kier alpha value is -2.13. The molecule has 3 heteroatoms. The maximum Gasteiger partial charge on any atom is 0.106 e. The van der Waals surface area contributed by atoms with E-state index in [0.29, 0.717) is 6.54 Å². The molecule has 21 heavy (non-hydrogen) atoms. The first-order valence-electron chi connectivity index (χ1n) is 7.23. The van der Waals surface area contributed by atoms with Crippen molar-refractivity contribution in [3.05, 3.63) is 65.0 Å². The summed E-state index contributed by atoms with van der Waals surface area (Å²) < 4.78 is 2.09. The summed E-state index contributed by atoms with van der Waals surface area (Å²) in [5.41, 5.74) is 5.33. The van der Waals surface area contributed by atoms with Gasteiger partial charge in [0, 0.05) is 0 Å². The standard InChI is InChI=1S/C18H20N2O/c1-12-8-9-13(2)15(10-12)18(21)11-20-14(3)19-16-6-4-5-7-17(16)20/h4-10,18,21H,11H2,1-3H3. The van der Waals surface area contributed by atoms with Crippen molar-refractivity contribution >= 4 is 11.0 Å². The predicted octanol–water partition coefficient (Wildman–Crippen LogP) is 3.70. The summed E-state index contributed by atoms with van der Waals surface area (Å²) in [6.07, 6.45) is -0.527. The number of aliphatic hydroxyl groups excluding tert-OH is 1. The van der Waals surface area contributed by atoms with Gasteiger partial charge in [-0.05, 0) is 44.0 Å². The lowest BCUT2D eigenvalue weighted by Crippen LogP contribution is -2.11. The Kier molecular flexibility index (Phi) is 3.52. The number of hydrogen-bond donors (Lipinski definition) is 1. The minimum absolute atomic E-state index is 0.524. The van der Waals surface area contributed by atoms with Crippen LogP contribution in [0, 0.1) is 20.8 Å². The Morgan fingerprint density at radius 1 is 1.10 bits per heavy atom. The number of hydrogen-bond acceptors (Lipinski definition) is 2. The fourth-order valence-corrected chi connectivity index (χ4v) is 2.82. The summed E-state index contributed by atoms with van der Waals surface area (Å²) in [6.45, 7) is 6.59. The third kappa shape index (κ3) is 2.57. The zero-order valence-electron chi connectivity index (χ0n) is 12.7. The number of aromatic nitrogens is 2. The lowest BCUT2D eigenvalue weighted by molar-refractivity contribution is 0.156. The zero-order chi connectivity index (χ0) is 15.0. The molecule has 0 bridgehead atoms. The highest BCUT2D eigenvalue weighted by Crippen LogP contribution is 2.24. The van der Waals surface area contributed by atoms with Crippen molar-refractivity contribution in [2.75, 3.05) is 0 Å². The molecule has 0 radical (unpaired) electrons. The molecule has 0 saturated carbocycles. The third-order valence-electron chi connectivity index (χ3n) is 3.99. The van der Waals surface area contributed by atoms with E-state index in [1.165, 1.54) is 5.56 Å². The highest BCUT2D eigenvalue weighted by Gasteiger charge is 2.15. The first-order valence-corrected chi connectivity index (χ1v) is 7.23. The van der Waals surface area contributed by atoms with Crippen molar-refractivity contribution in [1.29, 1.82) is 0 Å². The molecule has 0 amide bonds. The Morgan fingerprint density at radius 3 is 2.67 bits per heavy atom. The third-order valence-corrected chi connectivity index (χ3v) is 3.99. The van der Waals surface area contributed by atoms with E-state index >= 15 is 0 Å². The van der Waals surface area contributed by atoms with E-state index in [1.54, 1.807) is 0 Å². The molecule has 1 N–H and O–H groups in total. The van der Waals surface area contributed by atoms with Gasteiger partial charge >= 0.3 is 0 Å². The first-order chi connectivity index (χ1) is 10.1. The highest BCUT2D eigenvalue weighted by atomic mass is 16.3. The van der Waals surface area contributed by atoms with Crippen molar-refractivity contribution < 1.29 is 5.11 Å². The van der Waals surface area contributed by atoms with Gasteiger partial charge in [-0.3, -0.25) is 0 Å². The Labute approximate surface area is 124 Å². The monoisotopic (exact) mass is 280 g/mol. The number of aryl methyl sites for hydroxylation is 3. The zero-order valence-corrected chi connectivity index (χ0v) is 12.7. The highest BCUT2D eigenvalue weighted by molar-refractivity contribution is 5.75. The average Bonchev–Trinajstić information content (AvgIpc) is 2.78. The van der Waals surface area contributed by atoms with Crippen molar-refractivity contribution in [2.45, 2.75) is 33.4 Å². The molecule has 0 saturated heterocycles. The van der Waals surface area contributed by atoms with E-state index in [2.05, 4.69) is 27.8 Å². The Bertz CT molecular complexity index is 789. The molecule has 0 spiro atoms. The summed E-state index contributed by atoms with van der Waals surface area (Å²) in [5, 5.41) is 10.6. The topological polar surface area (TPSA) is 38.0 Å². The van der Waals surface area contributed by atoms with Gasteiger partial charge in [-0.1, -0.05) is 35.9 Å². The van der Waals surface area contributed by atoms with Gasteiger partial charge in [0.1, 0.15) is 5.82 Å². The van der Waals surface area contributed by atoms with E-state index in [-0.39, 0.29) is 0 Å². The second-order valence-corrected chi connectivity index (χ2v) is 5.63. The smallest absolute Gasteiger partial charge is 0.106 e. The minimum atomic E-state index is -0.527. The van der Waals surface area contributed by atoms with E-state index < -0.39 is 6.10 Å². The molecular weight excluding hydrogens is 260 g/mol. The van der Waals surface area contributed by atoms with Crippen LogP contribution in [0.1, 0.15) is 28.6 Å². The number of nitrogens with zero attached hydrogens (tertiary/aromatic N) is 2. The number of imidazole rings is 1. The largest absolute Gasteiger partial charge is 0.387 e. The summed E-state index contributed by atoms with van der Waals surface area (Å²) in [7, 11) is 0. The minimum Gasteiger partial charge on any atom is -0.387 e. The maximum atomic E-state index is 10.6. The van der Waals surface area contributed by atoms with Crippen LogP contribution in [0.2, 0.25) is 0 Å². The second-order valence-electron chi connectivity index (χ2n) is 5.63. The molecule has 3 rings (SSSR count). The van der Waals surface area contributed by atoms with E-state index in [4.69, 9.17) is 0 Å². The van der Waals surface area contributed by atoms with Crippen molar-refractivity contribution in [2.24, 2.45) is 0 Å². The molecule has 3 nitrogen and oxygen atoms in total. The van der Waals surface area contributed by atoms with Gasteiger partial charge in [-0.25, -0.2) is 4.98 Å². The van der Waals surface area contributed by atoms with Crippen LogP contribution < -0.4 is 0 Å². The fraction of sp³-hybridized carbons (Fsp3) is 0.278. The molecule has 0 aliphatic rings. The molecule has 0 aliphatic carbocycles. The average molecular weight is 280 g/mol. The summed E-state index contributed by atoms with van der Waals surface area (Å²) >= 11 is 0. The summed E-state index contributed by atoms with van der Waals surface area (Å²) in [4.78, 5) is 4.55. The molecule has 2 aromatic carbocycles. The maximum absolute atomic E-state index is 10.6. The number of aliphatic hydroxyl groups is 1. The van der Waals surface area contributed by atoms with Gasteiger partial charge in [0.05, 0.1) is 23.7 Å². The molecule has 0 fully saturated rings. The number of para-hydroxylation sites is 2. The molecule has 0 aliphatic heterocycles. The summed E-state index contributed by atoms with van der Waals surface area (Å²) in [5.74, 6) is 0.931. The molecule has 3 aromatic rings. The van der Waals surface area contributed by atoms with Gasteiger partial charge in [-0.15, -0.1) is 0 Å².